The van der Waals surface area contributed by atoms with Gasteiger partial charge in [-0.05, 0) is 37.0 Å². The molecule has 0 amide bonds. The van der Waals surface area contributed by atoms with E-state index in [0.717, 1.165) is 12.1 Å². The van der Waals surface area contributed by atoms with Crippen molar-refractivity contribution in [3.8, 4) is 0 Å². The normalized spacial score (nSPS) is 21.5. The van der Waals surface area contributed by atoms with Gasteiger partial charge in [0.1, 0.15) is 11.6 Å². The number of aldehydes is 1. The summed E-state index contributed by atoms with van der Waals surface area (Å²) in [6, 6.07) is 2.22. The van der Waals surface area contributed by atoms with Crippen LogP contribution in [0.25, 0.3) is 0 Å². The Labute approximate surface area is 103 Å². The number of carbonyl (C=O) groups excluding carboxylic acids is 2. The van der Waals surface area contributed by atoms with E-state index in [0.29, 0.717) is 12.0 Å². The summed E-state index contributed by atoms with van der Waals surface area (Å²) >= 11 is 0. The molecule has 1 aliphatic carbocycles. The summed E-state index contributed by atoms with van der Waals surface area (Å²) < 4.78 is 31.6. The van der Waals surface area contributed by atoms with Gasteiger partial charge in [0.25, 0.3) is 0 Å². The fourth-order valence-corrected chi connectivity index (χ4v) is 2.00. The summed E-state index contributed by atoms with van der Waals surface area (Å²) in [5, 5.41) is 0. The molecule has 3 nitrogen and oxygen atoms in total. The van der Waals surface area contributed by atoms with Crippen LogP contribution < -0.4 is 0 Å². The van der Waals surface area contributed by atoms with Crippen molar-refractivity contribution >= 4 is 12.3 Å². The van der Waals surface area contributed by atoms with E-state index in [1.807, 2.05) is 0 Å². The molecule has 2 unspecified atom stereocenters. The lowest BCUT2D eigenvalue weighted by Gasteiger charge is -2.04. The first kappa shape index (κ1) is 12.7. The topological polar surface area (TPSA) is 43.4 Å². The number of hydrogen-bond donors (Lipinski definition) is 0. The monoisotopic (exact) mass is 254 g/mol. The van der Waals surface area contributed by atoms with E-state index in [4.69, 9.17) is 4.74 Å². The molecule has 0 saturated heterocycles. The molecular weight excluding hydrogens is 242 g/mol. The van der Waals surface area contributed by atoms with E-state index in [9.17, 15) is 18.4 Å². The van der Waals surface area contributed by atoms with Crippen molar-refractivity contribution in [3.63, 3.8) is 0 Å². The molecule has 5 heteroatoms. The zero-order valence-electron chi connectivity index (χ0n) is 9.78. The zero-order valence-corrected chi connectivity index (χ0v) is 9.78. The standard InChI is InChI=1S/C13H12F2O3/c1-2-18-13(17)9-5-8(9)7-3-11(14)10(6-16)12(15)4-7/h3-4,6,8-9H,2,5H2,1H3. The molecule has 1 aromatic carbocycles. The fraction of sp³-hybridized carbons (Fsp3) is 0.385. The fourth-order valence-electron chi connectivity index (χ4n) is 2.00. The van der Waals surface area contributed by atoms with Gasteiger partial charge in [-0.25, -0.2) is 8.78 Å². The number of rotatable bonds is 4. The lowest BCUT2D eigenvalue weighted by molar-refractivity contribution is -0.144. The Hall–Kier alpha value is -1.78. The van der Waals surface area contributed by atoms with E-state index >= 15 is 0 Å². The maximum Gasteiger partial charge on any atom is 0.309 e. The lowest BCUT2D eigenvalue weighted by Crippen LogP contribution is -2.07. The largest absolute Gasteiger partial charge is 0.466 e. The minimum absolute atomic E-state index is 0.143. The summed E-state index contributed by atoms with van der Waals surface area (Å²) in [5.74, 6) is -2.67. The summed E-state index contributed by atoms with van der Waals surface area (Å²) in [7, 11) is 0. The van der Waals surface area contributed by atoms with Gasteiger partial charge in [0.2, 0.25) is 0 Å². The first-order chi connectivity index (χ1) is 8.58. The Morgan fingerprint density at radius 2 is 2.06 bits per heavy atom. The predicted octanol–water partition coefficient (Wildman–Crippen LogP) is 2.44. The molecular formula is C13H12F2O3. The highest BCUT2D eigenvalue weighted by molar-refractivity contribution is 5.78. The van der Waals surface area contributed by atoms with Gasteiger partial charge in [-0.1, -0.05) is 0 Å². The Bertz CT molecular complexity index is 476. The first-order valence-electron chi connectivity index (χ1n) is 5.69. The molecule has 0 radical (unpaired) electrons. The second kappa shape index (κ2) is 4.84. The van der Waals surface area contributed by atoms with E-state index in [2.05, 4.69) is 0 Å². The highest BCUT2D eigenvalue weighted by atomic mass is 19.1. The summed E-state index contributed by atoms with van der Waals surface area (Å²) in [6.45, 7) is 1.99. The van der Waals surface area contributed by atoms with E-state index < -0.39 is 17.2 Å². The summed E-state index contributed by atoms with van der Waals surface area (Å²) in [4.78, 5) is 21.9. The van der Waals surface area contributed by atoms with Gasteiger partial charge in [-0.15, -0.1) is 0 Å². The third-order valence-corrected chi connectivity index (χ3v) is 3.03. The van der Waals surface area contributed by atoms with Crippen LogP contribution in [0.5, 0.6) is 0 Å². The third kappa shape index (κ3) is 2.25. The Morgan fingerprint density at radius 1 is 1.44 bits per heavy atom. The molecule has 0 heterocycles. The number of halogens is 2. The molecule has 1 aliphatic rings. The van der Waals surface area contributed by atoms with Crippen LogP contribution in [0.2, 0.25) is 0 Å². The number of benzene rings is 1. The van der Waals surface area contributed by atoms with Crippen molar-refractivity contribution in [1.82, 2.24) is 0 Å². The van der Waals surface area contributed by atoms with Crippen LogP contribution in [-0.4, -0.2) is 18.9 Å². The van der Waals surface area contributed by atoms with Crippen LogP contribution >= 0.6 is 0 Å². The molecule has 1 saturated carbocycles. The number of carbonyl (C=O) groups is 2. The lowest BCUT2D eigenvalue weighted by atomic mass is 10.1. The van der Waals surface area contributed by atoms with Crippen molar-refractivity contribution in [3.05, 3.63) is 34.9 Å². The molecule has 96 valence electrons. The maximum absolute atomic E-state index is 13.4. The molecule has 2 rings (SSSR count). The second-order valence-corrected chi connectivity index (χ2v) is 4.22. The van der Waals surface area contributed by atoms with Crippen molar-refractivity contribution in [1.29, 1.82) is 0 Å². The molecule has 0 spiro atoms. The van der Waals surface area contributed by atoms with Crippen LogP contribution in [0.3, 0.4) is 0 Å². The molecule has 1 aromatic rings. The Balaban J connectivity index is 2.17. The maximum atomic E-state index is 13.4. The first-order valence-corrected chi connectivity index (χ1v) is 5.69. The third-order valence-electron chi connectivity index (χ3n) is 3.03. The number of esters is 1. The van der Waals surface area contributed by atoms with Gasteiger partial charge in [0.15, 0.2) is 6.29 Å². The van der Waals surface area contributed by atoms with Crippen molar-refractivity contribution < 1.29 is 23.1 Å². The Kier molecular flexibility index (Phi) is 3.41. The Morgan fingerprint density at radius 3 is 2.56 bits per heavy atom. The minimum atomic E-state index is -0.894. The van der Waals surface area contributed by atoms with Crippen LogP contribution in [0, 0.1) is 17.6 Å². The molecule has 18 heavy (non-hydrogen) atoms. The molecule has 0 N–H and O–H groups in total. The van der Waals surface area contributed by atoms with Crippen molar-refractivity contribution in [2.45, 2.75) is 19.3 Å². The van der Waals surface area contributed by atoms with E-state index in [-0.39, 0.29) is 30.7 Å². The van der Waals surface area contributed by atoms with Crippen LogP contribution in [0.4, 0.5) is 8.78 Å². The molecule has 0 aromatic heterocycles. The van der Waals surface area contributed by atoms with E-state index in [1.54, 1.807) is 6.92 Å². The van der Waals surface area contributed by atoms with Gasteiger partial charge in [-0.2, -0.15) is 0 Å². The average Bonchev–Trinajstić information content (AvgIpc) is 3.08. The predicted molar refractivity (Wildman–Crippen MR) is 59.2 cm³/mol. The number of ether oxygens (including phenoxy) is 1. The average molecular weight is 254 g/mol. The molecule has 0 aliphatic heterocycles. The van der Waals surface area contributed by atoms with Gasteiger partial charge < -0.3 is 4.74 Å². The summed E-state index contributed by atoms with van der Waals surface area (Å²) in [6.07, 6.45) is 0.669. The molecule has 1 fully saturated rings. The van der Waals surface area contributed by atoms with Crippen molar-refractivity contribution in [2.24, 2.45) is 5.92 Å². The highest BCUT2D eigenvalue weighted by Crippen LogP contribution is 2.48. The molecule has 2 atom stereocenters. The number of hydrogen-bond acceptors (Lipinski definition) is 3. The SMILES string of the molecule is CCOC(=O)C1CC1c1cc(F)c(C=O)c(F)c1. The van der Waals surface area contributed by atoms with Crippen LogP contribution in [0.15, 0.2) is 12.1 Å². The van der Waals surface area contributed by atoms with Gasteiger partial charge >= 0.3 is 5.97 Å². The van der Waals surface area contributed by atoms with Gasteiger partial charge in [0, 0.05) is 0 Å². The quantitative estimate of drug-likeness (QED) is 0.612. The van der Waals surface area contributed by atoms with Crippen LogP contribution in [-0.2, 0) is 9.53 Å². The zero-order chi connectivity index (χ0) is 13.3. The minimum Gasteiger partial charge on any atom is -0.466 e. The smallest absolute Gasteiger partial charge is 0.309 e. The molecule has 0 bridgehead atoms. The highest BCUT2D eigenvalue weighted by Gasteiger charge is 2.45. The second-order valence-electron chi connectivity index (χ2n) is 4.22. The van der Waals surface area contributed by atoms with Crippen LogP contribution in [0.1, 0.15) is 35.2 Å². The van der Waals surface area contributed by atoms with Gasteiger partial charge in [-0.3, -0.25) is 9.59 Å². The van der Waals surface area contributed by atoms with E-state index in [1.165, 1.54) is 0 Å². The van der Waals surface area contributed by atoms with Crippen molar-refractivity contribution in [2.75, 3.05) is 6.61 Å². The summed E-state index contributed by atoms with van der Waals surface area (Å²) in [5.41, 5.74) is -0.180. The van der Waals surface area contributed by atoms with Gasteiger partial charge in [0.05, 0.1) is 18.1 Å².